The molecule has 1 fully saturated rings. The highest BCUT2D eigenvalue weighted by Crippen LogP contribution is 2.33. The number of nitrogens with one attached hydrogen (secondary N) is 1. The highest BCUT2D eigenvalue weighted by Gasteiger charge is 2.34. The van der Waals surface area contributed by atoms with E-state index < -0.39 is 24.2 Å². The molecule has 1 aromatic carbocycles. The van der Waals surface area contributed by atoms with Gasteiger partial charge in [-0.25, -0.2) is 0 Å². The van der Waals surface area contributed by atoms with E-state index in [0.29, 0.717) is 32.7 Å². The third-order valence-electron chi connectivity index (χ3n) is 5.82. The summed E-state index contributed by atoms with van der Waals surface area (Å²) in [7, 11) is 0. The van der Waals surface area contributed by atoms with Crippen molar-refractivity contribution in [1.29, 1.82) is 0 Å². The molecular weight excluding hydrogens is 430 g/mol. The zero-order chi connectivity index (χ0) is 23.6. The average molecular weight is 459 g/mol. The molecule has 0 aromatic heterocycles. The number of piperazine rings is 1. The predicted molar refractivity (Wildman–Crippen MR) is 116 cm³/mol. The summed E-state index contributed by atoms with van der Waals surface area (Å²) >= 11 is 0. The monoisotopic (exact) mass is 459 g/mol. The number of aliphatic hydroxyl groups is 1. The Hall–Kier alpha value is -3.11. The van der Waals surface area contributed by atoms with Gasteiger partial charge in [-0.3, -0.25) is 19.3 Å². The highest BCUT2D eigenvalue weighted by atomic mass is 16.7. The molecular formula is C23H29N3O7. The molecule has 3 aliphatic rings. The van der Waals surface area contributed by atoms with E-state index in [-0.39, 0.29) is 30.7 Å². The van der Waals surface area contributed by atoms with Gasteiger partial charge in [-0.15, -0.1) is 0 Å². The number of hydrogen-bond acceptors (Lipinski definition) is 8. The number of carbonyl (C=O) groups excluding carboxylic acids is 3. The largest absolute Gasteiger partial charge is 0.482 e. The molecule has 2 amide bonds. The molecule has 2 N–H and O–H groups in total. The van der Waals surface area contributed by atoms with Crippen LogP contribution in [-0.4, -0.2) is 83.7 Å². The molecule has 0 radical (unpaired) electrons. The fourth-order valence-corrected chi connectivity index (χ4v) is 4.15. The summed E-state index contributed by atoms with van der Waals surface area (Å²) in [5.41, 5.74) is 0.295. The van der Waals surface area contributed by atoms with Crippen LogP contribution >= 0.6 is 0 Å². The van der Waals surface area contributed by atoms with Crippen LogP contribution in [0.1, 0.15) is 25.8 Å². The van der Waals surface area contributed by atoms with E-state index in [1.807, 2.05) is 18.2 Å². The van der Waals surface area contributed by atoms with E-state index in [1.165, 1.54) is 0 Å². The van der Waals surface area contributed by atoms with E-state index in [4.69, 9.17) is 14.2 Å². The van der Waals surface area contributed by atoms with Crippen molar-refractivity contribution in [2.45, 2.75) is 38.5 Å². The fourth-order valence-electron chi connectivity index (χ4n) is 4.15. The Morgan fingerprint density at radius 2 is 1.88 bits per heavy atom. The van der Waals surface area contributed by atoms with Crippen LogP contribution in [0.4, 0.5) is 0 Å². The van der Waals surface area contributed by atoms with Gasteiger partial charge in [-0.2, -0.15) is 0 Å². The number of hydrogen-bond donors (Lipinski definition) is 2. The van der Waals surface area contributed by atoms with Crippen molar-refractivity contribution in [3.05, 3.63) is 35.6 Å². The lowest BCUT2D eigenvalue weighted by molar-refractivity contribution is -0.140. The number of ether oxygens (including phenoxy) is 3. The number of ketones is 1. The van der Waals surface area contributed by atoms with Gasteiger partial charge in [0, 0.05) is 45.2 Å². The number of fused-ring (bicyclic) bond motifs is 1. The Morgan fingerprint density at radius 1 is 1.15 bits per heavy atom. The number of allylic oxidation sites excluding steroid dienone is 1. The van der Waals surface area contributed by atoms with Crippen molar-refractivity contribution in [1.82, 2.24) is 15.1 Å². The maximum atomic E-state index is 12.9. The van der Waals surface area contributed by atoms with Crippen LogP contribution in [0.3, 0.4) is 0 Å². The van der Waals surface area contributed by atoms with Crippen molar-refractivity contribution < 1.29 is 33.7 Å². The van der Waals surface area contributed by atoms with Crippen molar-refractivity contribution in [2.24, 2.45) is 0 Å². The molecule has 10 heteroatoms. The van der Waals surface area contributed by atoms with Crippen LogP contribution in [0, 0.1) is 0 Å². The lowest BCUT2D eigenvalue weighted by atomic mass is 9.98. The van der Waals surface area contributed by atoms with E-state index in [2.05, 4.69) is 10.2 Å². The maximum absolute atomic E-state index is 12.9. The minimum absolute atomic E-state index is 0.143. The lowest BCUT2D eigenvalue weighted by Gasteiger charge is -2.36. The summed E-state index contributed by atoms with van der Waals surface area (Å²) in [6.45, 7) is 6.08. The third kappa shape index (κ3) is 5.45. The van der Waals surface area contributed by atoms with Crippen molar-refractivity contribution in [2.75, 3.05) is 39.6 Å². The highest BCUT2D eigenvalue weighted by molar-refractivity contribution is 6.03. The van der Waals surface area contributed by atoms with Gasteiger partial charge in [0.15, 0.2) is 23.0 Å². The lowest BCUT2D eigenvalue weighted by Crippen LogP contribution is -2.56. The SMILES string of the molecule is CC1(C)CC(=O)C=C(C(=O)NC(CO)C(=O)N2CCN(Cc3ccc4c(c3)OCO4)CC2)O1. The Labute approximate surface area is 192 Å². The Kier molecular flexibility index (Phi) is 6.57. The van der Waals surface area contributed by atoms with Crippen molar-refractivity contribution in [3.8, 4) is 11.5 Å². The van der Waals surface area contributed by atoms with Gasteiger partial charge in [-0.05, 0) is 31.5 Å². The smallest absolute Gasteiger partial charge is 0.287 e. The first-order chi connectivity index (χ1) is 15.7. The van der Waals surface area contributed by atoms with Crippen LogP contribution in [0.5, 0.6) is 11.5 Å². The van der Waals surface area contributed by atoms with Gasteiger partial charge in [0.25, 0.3) is 5.91 Å². The first kappa shape index (κ1) is 23.1. The normalized spacial score (nSPS) is 20.6. The first-order valence-electron chi connectivity index (χ1n) is 11.0. The quantitative estimate of drug-likeness (QED) is 0.619. The molecule has 3 heterocycles. The Balaban J connectivity index is 1.29. The summed E-state index contributed by atoms with van der Waals surface area (Å²) in [6.07, 6.45) is 1.30. The summed E-state index contributed by atoms with van der Waals surface area (Å²) in [6, 6.07) is 4.75. The van der Waals surface area contributed by atoms with Gasteiger partial charge in [0.05, 0.1) is 6.61 Å². The molecule has 1 saturated heterocycles. The van der Waals surface area contributed by atoms with Gasteiger partial charge >= 0.3 is 0 Å². The molecule has 0 spiro atoms. The van der Waals surface area contributed by atoms with Crippen LogP contribution in [-0.2, 0) is 25.7 Å². The standard InChI is InChI=1S/C23H29N3O7/c1-23(2)11-16(28)10-20(33-23)21(29)24-17(13-27)22(30)26-7-5-25(6-8-26)12-15-3-4-18-19(9-15)32-14-31-18/h3-4,9-10,17,27H,5-8,11-14H2,1-2H3,(H,24,29). The molecule has 1 aromatic rings. The number of nitrogens with zero attached hydrogens (tertiary/aromatic N) is 2. The van der Waals surface area contributed by atoms with Crippen LogP contribution in [0.2, 0.25) is 0 Å². The van der Waals surface area contributed by atoms with Gasteiger partial charge in [0.1, 0.15) is 11.6 Å². The van der Waals surface area contributed by atoms with E-state index >= 15 is 0 Å². The molecule has 10 nitrogen and oxygen atoms in total. The average Bonchev–Trinajstić information content (AvgIpc) is 3.24. The van der Waals surface area contributed by atoms with Crippen LogP contribution in [0.25, 0.3) is 0 Å². The summed E-state index contributed by atoms with van der Waals surface area (Å²) in [4.78, 5) is 41.2. The minimum atomic E-state index is -1.11. The van der Waals surface area contributed by atoms with E-state index in [1.54, 1.807) is 18.7 Å². The number of rotatable bonds is 6. The number of benzene rings is 1. The molecule has 0 bridgehead atoms. The number of carbonyl (C=O) groups is 3. The predicted octanol–water partition coefficient (Wildman–Crippen LogP) is 0.189. The second-order valence-electron chi connectivity index (χ2n) is 9.01. The minimum Gasteiger partial charge on any atom is -0.482 e. The fraction of sp³-hybridized carbons (Fsp3) is 0.522. The van der Waals surface area contributed by atoms with Gasteiger partial charge in [0.2, 0.25) is 12.7 Å². The Bertz CT molecular complexity index is 967. The zero-order valence-electron chi connectivity index (χ0n) is 18.8. The topological polar surface area (TPSA) is 118 Å². The maximum Gasteiger partial charge on any atom is 0.287 e. The molecule has 4 rings (SSSR count). The molecule has 0 saturated carbocycles. The van der Waals surface area contributed by atoms with Gasteiger partial charge < -0.3 is 29.5 Å². The van der Waals surface area contributed by atoms with Gasteiger partial charge in [-0.1, -0.05) is 6.07 Å². The molecule has 1 atom stereocenters. The van der Waals surface area contributed by atoms with E-state index in [9.17, 15) is 19.5 Å². The van der Waals surface area contributed by atoms with Crippen molar-refractivity contribution in [3.63, 3.8) is 0 Å². The number of aliphatic hydroxyl groups excluding tert-OH is 1. The molecule has 0 aliphatic carbocycles. The molecule has 3 aliphatic heterocycles. The van der Waals surface area contributed by atoms with E-state index in [0.717, 1.165) is 23.1 Å². The second kappa shape index (κ2) is 9.40. The third-order valence-corrected chi connectivity index (χ3v) is 5.82. The molecule has 178 valence electrons. The second-order valence-corrected chi connectivity index (χ2v) is 9.01. The molecule has 33 heavy (non-hydrogen) atoms. The summed E-state index contributed by atoms with van der Waals surface area (Å²) in [5, 5.41) is 12.2. The van der Waals surface area contributed by atoms with Crippen LogP contribution in [0.15, 0.2) is 30.0 Å². The zero-order valence-corrected chi connectivity index (χ0v) is 18.8. The van der Waals surface area contributed by atoms with Crippen LogP contribution < -0.4 is 14.8 Å². The Morgan fingerprint density at radius 3 is 2.58 bits per heavy atom. The summed E-state index contributed by atoms with van der Waals surface area (Å²) in [5.74, 6) is 0.0667. The first-order valence-corrected chi connectivity index (χ1v) is 11.0. The van der Waals surface area contributed by atoms with Crippen molar-refractivity contribution >= 4 is 17.6 Å². The number of amides is 2. The molecule has 1 unspecified atom stereocenters. The summed E-state index contributed by atoms with van der Waals surface area (Å²) < 4.78 is 16.3.